The first kappa shape index (κ1) is 10.6. The lowest BCUT2D eigenvalue weighted by atomic mass is 10.0. The van der Waals surface area contributed by atoms with Gasteiger partial charge in [0.1, 0.15) is 6.04 Å². The van der Waals surface area contributed by atoms with Gasteiger partial charge in [0.25, 0.3) is 5.91 Å². The maximum Gasteiger partial charge on any atom is 0.326 e. The van der Waals surface area contributed by atoms with E-state index < -0.39 is 12.0 Å². The third kappa shape index (κ3) is 1.87. The molecule has 1 heterocycles. The Labute approximate surface area is 82.9 Å². The Kier molecular flexibility index (Phi) is 3.13. The average molecular weight is 195 g/mol. The van der Waals surface area contributed by atoms with Gasteiger partial charge in [-0.2, -0.15) is 0 Å². The molecule has 0 spiro atoms. The van der Waals surface area contributed by atoms with Gasteiger partial charge in [0, 0.05) is 6.54 Å². The normalized spacial score (nSPS) is 25.4. The van der Waals surface area contributed by atoms with Gasteiger partial charge in [0.05, 0.1) is 0 Å². The van der Waals surface area contributed by atoms with Crippen molar-refractivity contribution in [3.05, 3.63) is 0 Å². The number of rotatable bonds is 1. The first-order chi connectivity index (χ1) is 6.57. The molecule has 2 atom stereocenters. The van der Waals surface area contributed by atoms with Crippen molar-refractivity contribution in [2.45, 2.75) is 26.3 Å². The number of likely N-dealkylation sites (tertiary alicyclic amines) is 1. The average Bonchev–Trinajstić information content (AvgIpc) is 2.47. The minimum absolute atomic E-state index is 0.00936. The van der Waals surface area contributed by atoms with E-state index in [4.69, 9.17) is 5.11 Å². The van der Waals surface area contributed by atoms with Crippen LogP contribution < -0.4 is 0 Å². The monoisotopic (exact) mass is 195 g/mol. The number of hydrogen-bond acceptors (Lipinski definition) is 2. The molecule has 0 aromatic carbocycles. The van der Waals surface area contributed by atoms with Crippen LogP contribution in [0.2, 0.25) is 0 Å². The number of aliphatic carboxylic acids is 1. The van der Waals surface area contributed by atoms with E-state index in [9.17, 15) is 9.59 Å². The molecule has 2 unspecified atom stereocenters. The highest BCUT2D eigenvalue weighted by molar-refractivity contribution is 5.96. The molecule has 0 radical (unpaired) electrons. The smallest absolute Gasteiger partial charge is 0.326 e. The highest BCUT2D eigenvalue weighted by atomic mass is 16.4. The molecule has 1 rings (SSSR count). The molecule has 1 amide bonds. The second kappa shape index (κ2) is 4.14. The van der Waals surface area contributed by atoms with Gasteiger partial charge < -0.3 is 10.0 Å². The van der Waals surface area contributed by atoms with E-state index in [1.165, 1.54) is 4.90 Å². The third-order valence-corrected chi connectivity index (χ3v) is 2.45. The molecule has 1 saturated heterocycles. The Hall–Kier alpha value is -1.50. The molecule has 0 saturated carbocycles. The number of carboxylic acid groups (broad SMARTS) is 1. The van der Waals surface area contributed by atoms with Crippen molar-refractivity contribution >= 4 is 11.9 Å². The quantitative estimate of drug-likeness (QED) is 0.613. The lowest BCUT2D eigenvalue weighted by Gasteiger charge is -2.20. The van der Waals surface area contributed by atoms with E-state index in [0.29, 0.717) is 6.54 Å². The molecule has 1 aliphatic rings. The van der Waals surface area contributed by atoms with Crippen molar-refractivity contribution in [2.24, 2.45) is 5.92 Å². The van der Waals surface area contributed by atoms with Crippen LogP contribution in [-0.4, -0.2) is 34.5 Å². The summed E-state index contributed by atoms with van der Waals surface area (Å²) in [6, 6.07) is -0.705. The highest BCUT2D eigenvalue weighted by Crippen LogP contribution is 2.23. The summed E-state index contributed by atoms with van der Waals surface area (Å²) < 4.78 is 0. The predicted molar refractivity (Wildman–Crippen MR) is 50.4 cm³/mol. The van der Waals surface area contributed by atoms with Gasteiger partial charge in [-0.1, -0.05) is 12.8 Å². The minimum atomic E-state index is -0.943. The molecule has 1 aliphatic heterocycles. The molecule has 76 valence electrons. The molecule has 0 aromatic heterocycles. The molecule has 14 heavy (non-hydrogen) atoms. The van der Waals surface area contributed by atoms with Crippen LogP contribution in [0.25, 0.3) is 0 Å². The number of carbonyl (C=O) groups is 2. The van der Waals surface area contributed by atoms with Crippen LogP contribution in [0.5, 0.6) is 0 Å². The van der Waals surface area contributed by atoms with Crippen LogP contribution in [0.1, 0.15) is 20.3 Å². The van der Waals surface area contributed by atoms with E-state index in [2.05, 4.69) is 11.8 Å². The van der Waals surface area contributed by atoms with Crippen LogP contribution in [0, 0.1) is 17.8 Å². The number of hydrogen-bond donors (Lipinski definition) is 1. The van der Waals surface area contributed by atoms with Crippen LogP contribution in [0.3, 0.4) is 0 Å². The first-order valence-corrected chi connectivity index (χ1v) is 4.54. The molecular weight excluding hydrogens is 182 g/mol. The summed E-state index contributed by atoms with van der Waals surface area (Å²) in [7, 11) is 0. The molecule has 1 fully saturated rings. The van der Waals surface area contributed by atoms with Crippen LogP contribution in [-0.2, 0) is 9.59 Å². The lowest BCUT2D eigenvalue weighted by molar-refractivity contribution is -0.147. The topological polar surface area (TPSA) is 57.6 Å². The van der Waals surface area contributed by atoms with Crippen molar-refractivity contribution in [1.82, 2.24) is 4.90 Å². The summed E-state index contributed by atoms with van der Waals surface area (Å²) in [6.45, 7) is 3.89. The van der Waals surface area contributed by atoms with Crippen molar-refractivity contribution in [3.8, 4) is 11.8 Å². The van der Waals surface area contributed by atoms with E-state index in [1.807, 2.05) is 6.92 Å². The van der Waals surface area contributed by atoms with E-state index in [0.717, 1.165) is 6.42 Å². The maximum absolute atomic E-state index is 11.4. The molecule has 4 heteroatoms. The summed E-state index contributed by atoms with van der Waals surface area (Å²) >= 11 is 0. The highest BCUT2D eigenvalue weighted by Gasteiger charge is 2.38. The molecule has 0 bridgehead atoms. The molecule has 1 N–H and O–H groups in total. The Balaban J connectivity index is 2.82. The zero-order chi connectivity index (χ0) is 10.7. The van der Waals surface area contributed by atoms with Gasteiger partial charge in [0.2, 0.25) is 0 Å². The Morgan fingerprint density at radius 3 is 2.64 bits per heavy atom. The van der Waals surface area contributed by atoms with Crippen LogP contribution >= 0.6 is 0 Å². The van der Waals surface area contributed by atoms with Crippen molar-refractivity contribution in [3.63, 3.8) is 0 Å². The summed E-state index contributed by atoms with van der Waals surface area (Å²) in [4.78, 5) is 23.6. The van der Waals surface area contributed by atoms with Gasteiger partial charge in [-0.3, -0.25) is 4.79 Å². The van der Waals surface area contributed by atoms with E-state index in [1.54, 1.807) is 6.92 Å². The fourth-order valence-electron chi connectivity index (χ4n) is 1.73. The number of carbonyl (C=O) groups excluding carboxylic acids is 1. The second-order valence-electron chi connectivity index (χ2n) is 3.42. The second-order valence-corrected chi connectivity index (χ2v) is 3.42. The van der Waals surface area contributed by atoms with Gasteiger partial charge in [0.15, 0.2) is 0 Å². The van der Waals surface area contributed by atoms with Crippen LogP contribution in [0.15, 0.2) is 0 Å². The SMILES string of the molecule is CC#CC(=O)N1CCC(C)C1C(=O)O. The summed E-state index contributed by atoms with van der Waals surface area (Å²) in [5.74, 6) is 3.53. The first-order valence-electron chi connectivity index (χ1n) is 4.54. The summed E-state index contributed by atoms with van der Waals surface area (Å²) in [6.07, 6.45) is 0.730. The number of carboxylic acids is 1. The summed E-state index contributed by atoms with van der Waals surface area (Å²) in [5.41, 5.74) is 0. The van der Waals surface area contributed by atoms with Gasteiger partial charge >= 0.3 is 5.97 Å². The molecule has 0 aromatic rings. The fourth-order valence-corrected chi connectivity index (χ4v) is 1.73. The molecule has 0 aliphatic carbocycles. The zero-order valence-corrected chi connectivity index (χ0v) is 8.28. The Morgan fingerprint density at radius 1 is 1.50 bits per heavy atom. The Bertz CT molecular complexity index is 313. The predicted octanol–water partition coefficient (Wildman–Crippen LogP) is 0.331. The fraction of sp³-hybridized carbons (Fsp3) is 0.600. The van der Waals surface area contributed by atoms with Crippen molar-refractivity contribution in [1.29, 1.82) is 0 Å². The van der Waals surface area contributed by atoms with Gasteiger partial charge in [-0.05, 0) is 25.2 Å². The van der Waals surface area contributed by atoms with Crippen molar-refractivity contribution < 1.29 is 14.7 Å². The summed E-state index contributed by atoms with van der Waals surface area (Å²) in [5, 5.41) is 8.93. The number of nitrogens with zero attached hydrogens (tertiary/aromatic N) is 1. The maximum atomic E-state index is 11.4. The standard InChI is InChI=1S/C10H13NO3/c1-3-4-8(12)11-6-5-7(2)9(11)10(13)14/h7,9H,5-6H2,1-2H3,(H,13,14). The lowest BCUT2D eigenvalue weighted by Crippen LogP contribution is -2.42. The van der Waals surface area contributed by atoms with Crippen LogP contribution in [0.4, 0.5) is 0 Å². The third-order valence-electron chi connectivity index (χ3n) is 2.45. The van der Waals surface area contributed by atoms with Gasteiger partial charge in [-0.15, -0.1) is 0 Å². The van der Waals surface area contributed by atoms with Gasteiger partial charge in [-0.25, -0.2) is 4.79 Å². The van der Waals surface area contributed by atoms with E-state index >= 15 is 0 Å². The Morgan fingerprint density at radius 2 is 2.14 bits per heavy atom. The zero-order valence-electron chi connectivity index (χ0n) is 8.28. The number of amides is 1. The van der Waals surface area contributed by atoms with E-state index in [-0.39, 0.29) is 11.8 Å². The van der Waals surface area contributed by atoms with Crippen molar-refractivity contribution in [2.75, 3.05) is 6.54 Å². The minimum Gasteiger partial charge on any atom is -0.480 e. The molecule has 4 nitrogen and oxygen atoms in total. The largest absolute Gasteiger partial charge is 0.480 e. The molecular formula is C10H13NO3.